The summed E-state index contributed by atoms with van der Waals surface area (Å²) in [5.74, 6) is -1.01. The molecule has 2 aromatic carbocycles. The molecule has 0 aliphatic rings. The van der Waals surface area contributed by atoms with E-state index in [1.807, 2.05) is 20.8 Å². The van der Waals surface area contributed by atoms with Gasteiger partial charge in [0.1, 0.15) is 5.75 Å². The average molecular weight is 465 g/mol. The van der Waals surface area contributed by atoms with Crippen molar-refractivity contribution in [3.8, 4) is 17.0 Å². The molecule has 1 heterocycles. The summed E-state index contributed by atoms with van der Waals surface area (Å²) in [6.07, 6.45) is -4.62. The van der Waals surface area contributed by atoms with Gasteiger partial charge in [-0.3, -0.25) is 4.79 Å². The largest absolute Gasteiger partial charge is 0.493 e. The molecule has 0 bridgehead atoms. The summed E-state index contributed by atoms with van der Waals surface area (Å²) >= 11 is 1.32. The van der Waals surface area contributed by atoms with E-state index >= 15 is 0 Å². The van der Waals surface area contributed by atoms with Gasteiger partial charge in [0.15, 0.2) is 5.13 Å². The predicted molar refractivity (Wildman–Crippen MR) is 119 cm³/mol. The second-order valence-corrected chi connectivity index (χ2v) is 8.93. The van der Waals surface area contributed by atoms with Crippen molar-refractivity contribution in [1.82, 2.24) is 4.98 Å². The van der Waals surface area contributed by atoms with E-state index in [0.29, 0.717) is 16.4 Å². The molecule has 1 aromatic heterocycles. The Labute approximate surface area is 187 Å². The molecule has 0 amide bonds. The number of carbonyl (C=O) groups is 1. The highest BCUT2D eigenvalue weighted by Crippen LogP contribution is 2.39. The summed E-state index contributed by atoms with van der Waals surface area (Å²) in [5.41, 5.74) is 1.57. The zero-order chi connectivity index (χ0) is 23.5. The molecular weight excluding hydrogens is 441 g/mol. The van der Waals surface area contributed by atoms with Gasteiger partial charge in [-0.05, 0) is 36.6 Å². The van der Waals surface area contributed by atoms with E-state index in [0.717, 1.165) is 16.5 Å². The van der Waals surface area contributed by atoms with Gasteiger partial charge >= 0.3 is 12.1 Å². The van der Waals surface area contributed by atoms with Crippen LogP contribution in [0.3, 0.4) is 0 Å². The van der Waals surface area contributed by atoms with E-state index in [4.69, 9.17) is 9.84 Å². The van der Waals surface area contributed by atoms with Gasteiger partial charge in [-0.15, -0.1) is 11.3 Å². The number of ether oxygens (including phenoxy) is 1. The number of nitrogens with one attached hydrogen (secondary N) is 1. The van der Waals surface area contributed by atoms with Crippen molar-refractivity contribution in [3.05, 3.63) is 58.5 Å². The number of hydrogen-bond acceptors (Lipinski definition) is 5. The second kappa shape index (κ2) is 9.60. The number of anilines is 2. The SMILES string of the molecule is Cc1sc(Nc2ccc(OCC(C)C)c(C(F)(F)F)c2)nc1-c1ccc(CC(=O)O)cc1. The third-order valence-corrected chi connectivity index (χ3v) is 5.37. The first-order valence-electron chi connectivity index (χ1n) is 9.92. The van der Waals surface area contributed by atoms with Gasteiger partial charge in [-0.2, -0.15) is 13.2 Å². The summed E-state index contributed by atoms with van der Waals surface area (Å²) < 4.78 is 46.0. The van der Waals surface area contributed by atoms with E-state index < -0.39 is 17.7 Å². The Balaban J connectivity index is 1.83. The highest BCUT2D eigenvalue weighted by molar-refractivity contribution is 7.16. The number of alkyl halides is 3. The number of hydrogen-bond donors (Lipinski definition) is 2. The van der Waals surface area contributed by atoms with Crippen molar-refractivity contribution >= 4 is 28.1 Å². The first-order valence-corrected chi connectivity index (χ1v) is 10.7. The minimum Gasteiger partial charge on any atom is -0.493 e. The lowest BCUT2D eigenvalue weighted by molar-refractivity contribution is -0.139. The number of rotatable bonds is 8. The molecule has 0 atom stereocenters. The van der Waals surface area contributed by atoms with Crippen LogP contribution in [0, 0.1) is 12.8 Å². The van der Waals surface area contributed by atoms with Crippen LogP contribution in [0.2, 0.25) is 0 Å². The lowest BCUT2D eigenvalue weighted by Gasteiger charge is -2.16. The topological polar surface area (TPSA) is 71.5 Å². The lowest BCUT2D eigenvalue weighted by Crippen LogP contribution is -2.12. The van der Waals surface area contributed by atoms with Gasteiger partial charge < -0.3 is 15.2 Å². The maximum absolute atomic E-state index is 13.5. The Hall–Kier alpha value is -3.07. The fourth-order valence-corrected chi connectivity index (χ4v) is 3.86. The third-order valence-electron chi connectivity index (χ3n) is 4.49. The maximum atomic E-state index is 13.5. The number of carboxylic acid groups (broad SMARTS) is 1. The monoisotopic (exact) mass is 464 g/mol. The normalized spacial score (nSPS) is 11.6. The number of halogens is 3. The molecule has 3 aromatic rings. The molecule has 0 radical (unpaired) electrons. The molecular formula is C23H23F3N2O3S. The summed E-state index contributed by atoms with van der Waals surface area (Å²) in [7, 11) is 0. The van der Waals surface area contributed by atoms with Gasteiger partial charge in [0.05, 0.1) is 24.3 Å². The Kier molecular flexibility index (Phi) is 7.08. The minimum atomic E-state index is -4.55. The van der Waals surface area contributed by atoms with Crippen molar-refractivity contribution in [2.24, 2.45) is 5.92 Å². The summed E-state index contributed by atoms with van der Waals surface area (Å²) in [6, 6.07) is 10.9. The maximum Gasteiger partial charge on any atom is 0.420 e. The van der Waals surface area contributed by atoms with Crippen LogP contribution >= 0.6 is 11.3 Å². The lowest BCUT2D eigenvalue weighted by atomic mass is 10.1. The first-order chi connectivity index (χ1) is 15.0. The zero-order valence-corrected chi connectivity index (χ0v) is 18.6. The number of aryl methyl sites for hydroxylation is 1. The van der Waals surface area contributed by atoms with Crippen molar-refractivity contribution in [1.29, 1.82) is 0 Å². The third kappa shape index (κ3) is 6.00. The molecule has 0 fully saturated rings. The van der Waals surface area contributed by atoms with Crippen LogP contribution in [0.15, 0.2) is 42.5 Å². The summed E-state index contributed by atoms with van der Waals surface area (Å²) in [5, 5.41) is 12.3. The Morgan fingerprint density at radius 3 is 2.47 bits per heavy atom. The van der Waals surface area contributed by atoms with Crippen molar-refractivity contribution in [3.63, 3.8) is 0 Å². The highest BCUT2D eigenvalue weighted by atomic mass is 32.1. The number of aliphatic carboxylic acids is 1. The number of nitrogens with zero attached hydrogens (tertiary/aromatic N) is 1. The molecule has 170 valence electrons. The molecule has 3 rings (SSSR count). The van der Waals surface area contributed by atoms with Gasteiger partial charge in [-0.1, -0.05) is 38.1 Å². The van der Waals surface area contributed by atoms with Crippen LogP contribution in [-0.2, 0) is 17.4 Å². The van der Waals surface area contributed by atoms with E-state index in [9.17, 15) is 18.0 Å². The van der Waals surface area contributed by atoms with E-state index in [2.05, 4.69) is 10.3 Å². The van der Waals surface area contributed by atoms with Crippen LogP contribution in [0.25, 0.3) is 11.3 Å². The standard InChI is InChI=1S/C23H23F3N2O3S/c1-13(2)12-31-19-9-8-17(11-18(19)23(24,25)26)27-22-28-21(14(3)32-22)16-6-4-15(5-7-16)10-20(29)30/h4-9,11,13H,10,12H2,1-3H3,(H,27,28)(H,29,30). The smallest absolute Gasteiger partial charge is 0.420 e. The number of thiazole rings is 1. The molecule has 0 spiro atoms. The fraction of sp³-hybridized carbons (Fsp3) is 0.304. The molecule has 0 unspecified atom stereocenters. The predicted octanol–water partition coefficient (Wildman–Crippen LogP) is 6.54. The van der Waals surface area contributed by atoms with E-state index in [1.165, 1.54) is 23.5 Å². The Morgan fingerprint density at radius 1 is 1.19 bits per heavy atom. The zero-order valence-electron chi connectivity index (χ0n) is 17.8. The van der Waals surface area contributed by atoms with Gasteiger partial charge in [0.25, 0.3) is 0 Å². The molecule has 0 saturated carbocycles. The van der Waals surface area contributed by atoms with Gasteiger partial charge in [0, 0.05) is 16.1 Å². The molecule has 0 saturated heterocycles. The van der Waals surface area contributed by atoms with Crippen LogP contribution in [0.1, 0.15) is 29.9 Å². The Morgan fingerprint density at radius 2 is 1.88 bits per heavy atom. The second-order valence-electron chi connectivity index (χ2n) is 7.73. The number of aromatic nitrogens is 1. The van der Waals surface area contributed by atoms with Crippen LogP contribution in [0.4, 0.5) is 24.0 Å². The number of benzene rings is 2. The molecule has 2 N–H and O–H groups in total. The van der Waals surface area contributed by atoms with Crippen LogP contribution in [0.5, 0.6) is 5.75 Å². The van der Waals surface area contributed by atoms with Crippen LogP contribution in [-0.4, -0.2) is 22.7 Å². The summed E-state index contributed by atoms with van der Waals surface area (Å²) in [4.78, 5) is 16.2. The van der Waals surface area contributed by atoms with Gasteiger partial charge in [-0.25, -0.2) is 4.98 Å². The quantitative estimate of drug-likeness (QED) is 0.396. The minimum absolute atomic E-state index is 0.0679. The molecule has 5 nitrogen and oxygen atoms in total. The first kappa shape index (κ1) is 23.6. The van der Waals surface area contributed by atoms with Crippen LogP contribution < -0.4 is 10.1 Å². The average Bonchev–Trinajstić information content (AvgIpc) is 3.06. The van der Waals surface area contributed by atoms with Crippen molar-refractivity contribution < 1.29 is 27.8 Å². The van der Waals surface area contributed by atoms with Crippen molar-refractivity contribution in [2.75, 3.05) is 11.9 Å². The molecule has 32 heavy (non-hydrogen) atoms. The summed E-state index contributed by atoms with van der Waals surface area (Å²) in [6.45, 7) is 5.79. The molecule has 0 aliphatic carbocycles. The number of carboxylic acids is 1. The Bertz CT molecular complexity index is 1090. The fourth-order valence-electron chi connectivity index (χ4n) is 3.01. The van der Waals surface area contributed by atoms with Crippen molar-refractivity contribution in [2.45, 2.75) is 33.4 Å². The van der Waals surface area contributed by atoms with E-state index in [1.54, 1.807) is 24.3 Å². The molecule has 9 heteroatoms. The van der Waals surface area contributed by atoms with Gasteiger partial charge in [0.2, 0.25) is 0 Å². The highest BCUT2D eigenvalue weighted by Gasteiger charge is 2.35. The molecule has 0 aliphatic heterocycles. The van der Waals surface area contributed by atoms with E-state index in [-0.39, 0.29) is 30.4 Å².